The van der Waals surface area contributed by atoms with E-state index in [0.717, 1.165) is 5.56 Å². The molecular weight excluding hydrogens is 458 g/mol. The van der Waals surface area contributed by atoms with Crippen molar-refractivity contribution in [2.75, 3.05) is 38.6 Å². The number of nitrogens with zero attached hydrogens (tertiary/aromatic N) is 2. The smallest absolute Gasteiger partial charge is 0.265 e. The minimum absolute atomic E-state index is 0.130. The highest BCUT2D eigenvalue weighted by atomic mass is 32.2. The Morgan fingerprint density at radius 2 is 1.88 bits per heavy atom. The fraction of sp³-hybridized carbons (Fsp3) is 0.333. The fourth-order valence-corrected chi connectivity index (χ4v) is 5.62. The number of fused-ring (bicyclic) bond motifs is 1. The van der Waals surface area contributed by atoms with E-state index in [1.165, 1.54) is 16.4 Å². The number of methoxy groups -OCH3 is 1. The summed E-state index contributed by atoms with van der Waals surface area (Å²) >= 11 is 0. The maximum Gasteiger partial charge on any atom is 0.265 e. The quantitative estimate of drug-likeness (QED) is 0.652. The van der Waals surface area contributed by atoms with Crippen molar-refractivity contribution in [3.05, 3.63) is 53.6 Å². The maximum absolute atomic E-state index is 13.3. The summed E-state index contributed by atoms with van der Waals surface area (Å²) in [6, 6.07) is 10.4. The van der Waals surface area contributed by atoms with Crippen LogP contribution < -0.4 is 14.8 Å². The molecule has 34 heavy (non-hydrogen) atoms. The van der Waals surface area contributed by atoms with E-state index in [2.05, 4.69) is 5.32 Å². The lowest BCUT2D eigenvalue weighted by Gasteiger charge is -2.34. The number of anilines is 1. The maximum atomic E-state index is 13.3. The highest BCUT2D eigenvalue weighted by Crippen LogP contribution is 2.35. The number of benzene rings is 2. The van der Waals surface area contributed by atoms with Gasteiger partial charge in [-0.2, -0.15) is 4.31 Å². The van der Waals surface area contributed by atoms with Crippen molar-refractivity contribution in [1.82, 2.24) is 9.21 Å². The predicted octanol–water partition coefficient (Wildman–Crippen LogP) is 2.27. The predicted molar refractivity (Wildman–Crippen MR) is 127 cm³/mol. The fourth-order valence-electron chi connectivity index (χ4n) is 3.98. The molecule has 0 radical (unpaired) electrons. The van der Waals surface area contributed by atoms with Crippen LogP contribution in [0.15, 0.2) is 47.4 Å². The molecule has 1 atom stereocenters. The molecule has 2 aliphatic heterocycles. The van der Waals surface area contributed by atoms with E-state index >= 15 is 0 Å². The molecule has 2 aromatic carbocycles. The van der Waals surface area contributed by atoms with Gasteiger partial charge in [-0.15, -0.1) is 0 Å². The molecule has 1 N–H and O–H groups in total. The lowest BCUT2D eigenvalue weighted by Crippen LogP contribution is -2.50. The summed E-state index contributed by atoms with van der Waals surface area (Å²) in [5.74, 6) is 0.529. The number of amides is 2. The van der Waals surface area contributed by atoms with Gasteiger partial charge in [-0.05, 0) is 37.6 Å². The summed E-state index contributed by atoms with van der Waals surface area (Å²) < 4.78 is 39.0. The monoisotopic (exact) mass is 485 g/mol. The van der Waals surface area contributed by atoms with Gasteiger partial charge < -0.3 is 19.7 Å². The van der Waals surface area contributed by atoms with Gasteiger partial charge in [0.25, 0.3) is 5.91 Å². The van der Waals surface area contributed by atoms with Crippen molar-refractivity contribution >= 4 is 33.6 Å². The molecule has 2 aliphatic rings. The number of para-hydroxylation sites is 1. The summed E-state index contributed by atoms with van der Waals surface area (Å²) in [7, 11) is -2.23. The Morgan fingerprint density at radius 1 is 1.18 bits per heavy atom. The molecule has 9 nitrogen and oxygen atoms in total. The van der Waals surface area contributed by atoms with Crippen LogP contribution in [-0.2, 0) is 19.6 Å². The van der Waals surface area contributed by atoms with Crippen LogP contribution in [0.25, 0.3) is 6.08 Å². The van der Waals surface area contributed by atoms with Crippen LogP contribution in [0.1, 0.15) is 18.1 Å². The van der Waals surface area contributed by atoms with Gasteiger partial charge >= 0.3 is 0 Å². The third kappa shape index (κ3) is 4.64. The van der Waals surface area contributed by atoms with E-state index in [9.17, 15) is 18.0 Å². The second kappa shape index (κ2) is 9.47. The Bertz CT molecular complexity index is 1250. The van der Waals surface area contributed by atoms with Crippen LogP contribution >= 0.6 is 0 Å². The minimum Gasteiger partial charge on any atom is -0.496 e. The molecule has 0 unspecified atom stereocenters. The first-order valence-electron chi connectivity index (χ1n) is 10.9. The topological polar surface area (TPSA) is 105 Å². The van der Waals surface area contributed by atoms with Crippen LogP contribution in [0.2, 0.25) is 0 Å². The Labute approximate surface area is 199 Å². The lowest BCUT2D eigenvalue weighted by molar-refractivity contribution is -0.127. The van der Waals surface area contributed by atoms with E-state index in [-0.39, 0.29) is 42.9 Å². The van der Waals surface area contributed by atoms with E-state index in [4.69, 9.17) is 9.47 Å². The second-order valence-electron chi connectivity index (χ2n) is 8.17. The van der Waals surface area contributed by atoms with Gasteiger partial charge in [-0.3, -0.25) is 9.59 Å². The molecule has 0 spiro atoms. The van der Waals surface area contributed by atoms with Crippen molar-refractivity contribution in [1.29, 1.82) is 0 Å². The highest BCUT2D eigenvalue weighted by molar-refractivity contribution is 7.89. The first-order chi connectivity index (χ1) is 16.2. The van der Waals surface area contributed by atoms with Gasteiger partial charge in [0, 0.05) is 43.9 Å². The number of rotatable bonds is 5. The second-order valence-corrected chi connectivity index (χ2v) is 10.1. The van der Waals surface area contributed by atoms with Crippen molar-refractivity contribution in [3.8, 4) is 11.5 Å². The number of hydrogen-bond acceptors (Lipinski definition) is 6. The molecule has 1 fully saturated rings. The van der Waals surface area contributed by atoms with E-state index in [1.54, 1.807) is 38.0 Å². The van der Waals surface area contributed by atoms with Gasteiger partial charge in [0.1, 0.15) is 11.5 Å². The average molecular weight is 486 g/mol. The van der Waals surface area contributed by atoms with Crippen LogP contribution in [0.5, 0.6) is 11.5 Å². The van der Waals surface area contributed by atoms with Crippen molar-refractivity contribution in [2.24, 2.45) is 0 Å². The number of sulfonamides is 1. The zero-order valence-corrected chi connectivity index (χ0v) is 20.1. The number of carbonyl (C=O) groups is 2. The zero-order chi connectivity index (χ0) is 24.5. The van der Waals surface area contributed by atoms with Crippen LogP contribution in [0.3, 0.4) is 0 Å². The van der Waals surface area contributed by atoms with E-state index in [1.807, 2.05) is 24.3 Å². The summed E-state index contributed by atoms with van der Waals surface area (Å²) in [6.07, 6.45) is 2.47. The van der Waals surface area contributed by atoms with E-state index < -0.39 is 16.1 Å². The number of nitrogens with one attached hydrogen (secondary N) is 1. The first kappa shape index (κ1) is 23.8. The van der Waals surface area contributed by atoms with Crippen molar-refractivity contribution < 1.29 is 27.5 Å². The molecule has 4 rings (SSSR count). The molecule has 2 heterocycles. The summed E-state index contributed by atoms with van der Waals surface area (Å²) in [5.41, 5.74) is 1.75. The van der Waals surface area contributed by atoms with Gasteiger partial charge in [0.05, 0.1) is 17.7 Å². The molecule has 2 amide bonds. The Hall–Kier alpha value is -3.37. The number of aryl methyl sites for hydroxylation is 1. The summed E-state index contributed by atoms with van der Waals surface area (Å²) in [6.45, 7) is 4.20. The van der Waals surface area contributed by atoms with Crippen LogP contribution in [0, 0.1) is 6.92 Å². The summed E-state index contributed by atoms with van der Waals surface area (Å²) in [4.78, 5) is 26.2. The van der Waals surface area contributed by atoms with Gasteiger partial charge in [-0.1, -0.05) is 18.2 Å². The third-order valence-corrected chi connectivity index (χ3v) is 7.96. The minimum atomic E-state index is -3.80. The molecular formula is C24H27N3O6S. The van der Waals surface area contributed by atoms with Crippen LogP contribution in [-0.4, -0.2) is 68.8 Å². The van der Waals surface area contributed by atoms with Crippen molar-refractivity contribution in [2.45, 2.75) is 24.8 Å². The van der Waals surface area contributed by atoms with Crippen LogP contribution in [0.4, 0.5) is 5.69 Å². The SMILES string of the molecule is COc1ccccc1/C=C/C(=O)N1CCN(S(=O)(=O)c2cc3c(cc2C)NC(=O)[C@@H](C)O3)CC1. The van der Waals surface area contributed by atoms with Gasteiger partial charge in [0.15, 0.2) is 6.10 Å². The molecule has 2 aromatic rings. The summed E-state index contributed by atoms with van der Waals surface area (Å²) in [5, 5.41) is 2.73. The normalized spacial score (nSPS) is 18.9. The zero-order valence-electron chi connectivity index (χ0n) is 19.3. The molecule has 0 bridgehead atoms. The molecule has 10 heteroatoms. The van der Waals surface area contributed by atoms with Gasteiger partial charge in [-0.25, -0.2) is 8.42 Å². The molecule has 0 aromatic heterocycles. The van der Waals surface area contributed by atoms with Crippen molar-refractivity contribution in [3.63, 3.8) is 0 Å². The Balaban J connectivity index is 1.45. The average Bonchev–Trinajstić information content (AvgIpc) is 2.83. The highest BCUT2D eigenvalue weighted by Gasteiger charge is 2.33. The molecule has 1 saturated heterocycles. The standard InChI is InChI=1S/C24H27N3O6S/c1-16-14-19-21(33-17(2)24(29)25-19)15-22(16)34(30,31)27-12-10-26(11-13-27)23(28)9-8-18-6-4-5-7-20(18)32-3/h4-9,14-15,17H,10-13H2,1-3H3,(H,25,29)/b9-8+/t17-/m1/s1. The van der Waals surface area contributed by atoms with Gasteiger partial charge in [0.2, 0.25) is 15.9 Å². The lowest BCUT2D eigenvalue weighted by atomic mass is 10.1. The first-order valence-corrected chi connectivity index (χ1v) is 12.4. The largest absolute Gasteiger partial charge is 0.496 e. The van der Waals surface area contributed by atoms with E-state index in [0.29, 0.717) is 22.7 Å². The Morgan fingerprint density at radius 3 is 2.59 bits per heavy atom. The third-order valence-electron chi connectivity index (χ3n) is 5.92. The molecule has 0 saturated carbocycles. The molecule has 0 aliphatic carbocycles. The number of hydrogen-bond donors (Lipinski definition) is 1. The molecule has 180 valence electrons. The number of piperazine rings is 1. The number of carbonyl (C=O) groups excluding carboxylic acids is 2. The number of ether oxygens (including phenoxy) is 2. The Kier molecular flexibility index (Phi) is 6.63.